The van der Waals surface area contributed by atoms with E-state index < -0.39 is 0 Å². The number of rotatable bonds is 5. The molecule has 0 bridgehead atoms. The van der Waals surface area contributed by atoms with Gasteiger partial charge < -0.3 is 10.0 Å². The van der Waals surface area contributed by atoms with Gasteiger partial charge in [0.15, 0.2) is 0 Å². The first-order valence-electron chi connectivity index (χ1n) is 8.70. The second kappa shape index (κ2) is 7.62. The van der Waals surface area contributed by atoms with Crippen LogP contribution in [0.15, 0.2) is 36.7 Å². The topological polar surface area (TPSA) is 58.4 Å². The van der Waals surface area contributed by atoms with Crippen molar-refractivity contribution in [1.29, 1.82) is 0 Å². The Morgan fingerprint density at radius 3 is 2.46 bits per heavy atom. The smallest absolute Gasteiger partial charge is 0.257 e. The molecular weight excluding hydrogens is 302 g/mol. The zero-order chi connectivity index (χ0) is 16.9. The third-order valence-electron chi connectivity index (χ3n) is 4.84. The molecule has 1 fully saturated rings. The van der Waals surface area contributed by atoms with Crippen molar-refractivity contribution in [2.75, 3.05) is 13.1 Å². The summed E-state index contributed by atoms with van der Waals surface area (Å²) in [4.78, 5) is 14.5. The number of aliphatic hydroxyl groups is 1. The van der Waals surface area contributed by atoms with Crippen molar-refractivity contribution in [2.24, 2.45) is 5.92 Å². The minimum absolute atomic E-state index is 0.0927. The fourth-order valence-electron chi connectivity index (χ4n) is 3.28. The molecule has 1 amide bonds. The molecule has 3 rings (SSSR count). The van der Waals surface area contributed by atoms with E-state index in [-0.39, 0.29) is 12.5 Å². The number of piperidine rings is 1. The molecule has 5 heteroatoms. The molecular formula is C19H25N3O2. The van der Waals surface area contributed by atoms with Crippen LogP contribution in [0.25, 0.3) is 0 Å². The molecule has 1 N–H and O–H groups in total. The fourth-order valence-corrected chi connectivity index (χ4v) is 3.28. The molecule has 0 unspecified atom stereocenters. The number of likely N-dealkylation sites (tertiary alicyclic amines) is 1. The van der Waals surface area contributed by atoms with E-state index in [9.17, 15) is 4.79 Å². The van der Waals surface area contributed by atoms with Crippen molar-refractivity contribution in [1.82, 2.24) is 14.7 Å². The third-order valence-corrected chi connectivity index (χ3v) is 4.84. The second-order valence-electron chi connectivity index (χ2n) is 6.50. The first-order valence-corrected chi connectivity index (χ1v) is 8.70. The van der Waals surface area contributed by atoms with E-state index in [4.69, 9.17) is 5.11 Å². The van der Waals surface area contributed by atoms with Crippen molar-refractivity contribution < 1.29 is 9.90 Å². The summed E-state index contributed by atoms with van der Waals surface area (Å²) in [5, 5.41) is 13.3. The molecule has 2 aromatic rings. The van der Waals surface area contributed by atoms with Crippen LogP contribution in [0.3, 0.4) is 0 Å². The first-order chi connectivity index (χ1) is 11.7. The maximum atomic E-state index is 12.5. The molecule has 0 atom stereocenters. The average Bonchev–Trinajstić information content (AvgIpc) is 3.11. The highest BCUT2D eigenvalue weighted by Gasteiger charge is 2.24. The number of hydrogen-bond acceptors (Lipinski definition) is 3. The van der Waals surface area contributed by atoms with Gasteiger partial charge in [-0.1, -0.05) is 24.3 Å². The van der Waals surface area contributed by atoms with Crippen molar-refractivity contribution >= 4 is 5.91 Å². The number of aliphatic hydroxyl groups excluding tert-OH is 1. The number of hydrogen-bond donors (Lipinski definition) is 1. The van der Waals surface area contributed by atoms with Crippen molar-refractivity contribution in [3.05, 3.63) is 53.3 Å². The SMILES string of the molecule is CCn1cc(C(=O)N2CCC(Cc3ccc(CO)cc3)CC2)cn1. The van der Waals surface area contributed by atoms with E-state index in [1.165, 1.54) is 5.56 Å². The van der Waals surface area contributed by atoms with Gasteiger partial charge in [0.2, 0.25) is 0 Å². The number of nitrogens with zero attached hydrogens (tertiary/aromatic N) is 3. The van der Waals surface area contributed by atoms with Crippen LogP contribution in [-0.2, 0) is 19.6 Å². The van der Waals surface area contributed by atoms with Crippen LogP contribution in [0.2, 0.25) is 0 Å². The van der Waals surface area contributed by atoms with Crippen LogP contribution < -0.4 is 0 Å². The molecule has 0 radical (unpaired) electrons. The number of benzene rings is 1. The molecule has 1 aliphatic rings. The van der Waals surface area contributed by atoms with E-state index in [0.29, 0.717) is 11.5 Å². The molecule has 0 saturated carbocycles. The van der Waals surface area contributed by atoms with E-state index in [0.717, 1.165) is 44.5 Å². The highest BCUT2D eigenvalue weighted by Crippen LogP contribution is 2.23. The Balaban J connectivity index is 1.52. The summed E-state index contributed by atoms with van der Waals surface area (Å²) in [6.45, 7) is 4.52. The van der Waals surface area contributed by atoms with Gasteiger partial charge in [-0.3, -0.25) is 9.48 Å². The van der Waals surface area contributed by atoms with E-state index in [1.807, 2.05) is 30.2 Å². The minimum atomic E-state index is 0.0927. The zero-order valence-electron chi connectivity index (χ0n) is 14.2. The van der Waals surface area contributed by atoms with Crippen LogP contribution in [0.1, 0.15) is 41.3 Å². The van der Waals surface area contributed by atoms with Crippen LogP contribution in [-0.4, -0.2) is 38.8 Å². The second-order valence-corrected chi connectivity index (χ2v) is 6.50. The molecule has 0 spiro atoms. The Labute approximate surface area is 142 Å². The summed E-state index contributed by atoms with van der Waals surface area (Å²) in [7, 11) is 0. The van der Waals surface area contributed by atoms with Gasteiger partial charge in [0.25, 0.3) is 5.91 Å². The Bertz CT molecular complexity index is 670. The highest BCUT2D eigenvalue weighted by atomic mass is 16.3. The standard InChI is InChI=1S/C19H25N3O2/c1-2-22-13-18(12-20-22)19(24)21-9-7-16(8-10-21)11-15-3-5-17(14-23)6-4-15/h3-6,12-13,16,23H,2,7-11,14H2,1H3. The molecule has 1 aromatic heterocycles. The lowest BCUT2D eigenvalue weighted by molar-refractivity contribution is 0.0690. The Hall–Kier alpha value is -2.14. The summed E-state index contributed by atoms with van der Waals surface area (Å²) in [5.74, 6) is 0.716. The average molecular weight is 327 g/mol. The van der Waals surface area contributed by atoms with Crippen LogP contribution in [0, 0.1) is 5.92 Å². The fraction of sp³-hybridized carbons (Fsp3) is 0.474. The maximum absolute atomic E-state index is 12.5. The normalized spacial score (nSPS) is 15.7. The highest BCUT2D eigenvalue weighted by molar-refractivity contribution is 5.93. The number of carbonyl (C=O) groups excluding carboxylic acids is 1. The Morgan fingerprint density at radius 1 is 1.21 bits per heavy atom. The number of amides is 1. The molecule has 2 heterocycles. The molecule has 1 saturated heterocycles. The van der Waals surface area contributed by atoms with Gasteiger partial charge in [-0.25, -0.2) is 0 Å². The summed E-state index contributed by atoms with van der Waals surface area (Å²) < 4.78 is 1.79. The molecule has 24 heavy (non-hydrogen) atoms. The summed E-state index contributed by atoms with van der Waals surface area (Å²) >= 11 is 0. The summed E-state index contributed by atoms with van der Waals surface area (Å²) in [6, 6.07) is 8.17. The summed E-state index contributed by atoms with van der Waals surface area (Å²) in [5.41, 5.74) is 2.95. The van der Waals surface area contributed by atoms with Gasteiger partial charge in [-0.05, 0) is 43.2 Å². The van der Waals surface area contributed by atoms with Crippen LogP contribution in [0.4, 0.5) is 0 Å². The van der Waals surface area contributed by atoms with Gasteiger partial charge >= 0.3 is 0 Å². The predicted octanol–water partition coefficient (Wildman–Crippen LogP) is 2.49. The molecule has 128 valence electrons. The lowest BCUT2D eigenvalue weighted by Gasteiger charge is -2.32. The Morgan fingerprint density at radius 2 is 1.88 bits per heavy atom. The monoisotopic (exact) mass is 327 g/mol. The third kappa shape index (κ3) is 3.85. The van der Waals surface area contributed by atoms with Gasteiger partial charge in [0.05, 0.1) is 18.4 Å². The predicted molar refractivity (Wildman–Crippen MR) is 92.6 cm³/mol. The number of carbonyl (C=O) groups is 1. The molecule has 1 aliphatic heterocycles. The quantitative estimate of drug-likeness (QED) is 0.918. The first kappa shape index (κ1) is 16.7. The number of aromatic nitrogens is 2. The van der Waals surface area contributed by atoms with Gasteiger partial charge in [-0.2, -0.15) is 5.10 Å². The van der Waals surface area contributed by atoms with Gasteiger partial charge in [0.1, 0.15) is 0 Å². The molecule has 1 aromatic carbocycles. The zero-order valence-corrected chi connectivity index (χ0v) is 14.2. The minimum Gasteiger partial charge on any atom is -0.392 e. The van der Waals surface area contributed by atoms with Gasteiger partial charge in [-0.15, -0.1) is 0 Å². The van der Waals surface area contributed by atoms with Crippen molar-refractivity contribution in [2.45, 2.75) is 39.3 Å². The van der Waals surface area contributed by atoms with E-state index >= 15 is 0 Å². The largest absolute Gasteiger partial charge is 0.392 e. The van der Waals surface area contributed by atoms with Crippen LogP contribution >= 0.6 is 0 Å². The lowest BCUT2D eigenvalue weighted by atomic mass is 9.90. The van der Waals surface area contributed by atoms with Crippen LogP contribution in [0.5, 0.6) is 0 Å². The molecule has 5 nitrogen and oxygen atoms in total. The van der Waals surface area contributed by atoms with E-state index in [2.05, 4.69) is 17.2 Å². The maximum Gasteiger partial charge on any atom is 0.257 e. The lowest BCUT2D eigenvalue weighted by Crippen LogP contribution is -2.38. The van der Waals surface area contributed by atoms with Crippen molar-refractivity contribution in [3.63, 3.8) is 0 Å². The summed E-state index contributed by atoms with van der Waals surface area (Å²) in [6.07, 6.45) is 6.62. The Kier molecular flexibility index (Phi) is 5.30. The van der Waals surface area contributed by atoms with Crippen molar-refractivity contribution in [3.8, 4) is 0 Å². The molecule has 0 aliphatic carbocycles. The van der Waals surface area contributed by atoms with Gasteiger partial charge in [0, 0.05) is 25.8 Å². The van der Waals surface area contributed by atoms with E-state index in [1.54, 1.807) is 10.9 Å². The number of aryl methyl sites for hydroxylation is 1.